The molecule has 4 atom stereocenters. The number of aliphatic carboxylic acids is 1. The number of carboxylic acid groups (broad SMARTS) is 1. The van der Waals surface area contributed by atoms with Crippen molar-refractivity contribution in [3.8, 4) is 5.75 Å². The summed E-state index contributed by atoms with van der Waals surface area (Å²) in [6.45, 7) is 0.475. The number of hydrogen-bond donors (Lipinski definition) is 8. The fraction of sp³-hybridized carbons (Fsp3) is 0.560. The van der Waals surface area contributed by atoms with Crippen molar-refractivity contribution in [1.82, 2.24) is 16.0 Å². The van der Waals surface area contributed by atoms with Crippen molar-refractivity contribution in [2.24, 2.45) is 17.2 Å². The molecule has 4 unspecified atom stereocenters. The van der Waals surface area contributed by atoms with Crippen LogP contribution in [0, 0.1) is 0 Å². The van der Waals surface area contributed by atoms with Gasteiger partial charge >= 0.3 is 5.97 Å². The van der Waals surface area contributed by atoms with Gasteiger partial charge in [-0.25, -0.2) is 4.79 Å². The number of thioether (sulfide) groups is 1. The Morgan fingerprint density at radius 2 is 1.46 bits per heavy atom. The first-order valence-electron chi connectivity index (χ1n) is 12.6. The minimum atomic E-state index is -1.41. The molecule has 218 valence electrons. The van der Waals surface area contributed by atoms with Crippen LogP contribution in [0.1, 0.15) is 44.1 Å². The predicted octanol–water partition coefficient (Wildman–Crippen LogP) is -1.05. The van der Waals surface area contributed by atoms with Gasteiger partial charge in [0.15, 0.2) is 0 Å². The SMILES string of the molecule is CSCCC(NC(=O)C(N)CCCCN)C(=O)NC(Cc1ccc(O)cc1)C(=O)NC(CCC(N)=O)C(=O)O. The second-order valence-electron chi connectivity index (χ2n) is 9.07. The van der Waals surface area contributed by atoms with E-state index in [2.05, 4.69) is 16.0 Å². The van der Waals surface area contributed by atoms with E-state index in [-0.39, 0.29) is 31.4 Å². The molecule has 4 amide bonds. The number of primary amides is 1. The van der Waals surface area contributed by atoms with Gasteiger partial charge in [0, 0.05) is 12.8 Å². The third-order valence-corrected chi connectivity index (χ3v) is 6.50. The molecule has 0 heterocycles. The molecule has 1 aromatic carbocycles. The van der Waals surface area contributed by atoms with Crippen molar-refractivity contribution in [1.29, 1.82) is 0 Å². The lowest BCUT2D eigenvalue weighted by atomic mass is 10.0. The average Bonchev–Trinajstić information content (AvgIpc) is 2.89. The molecule has 0 fully saturated rings. The zero-order valence-corrected chi connectivity index (χ0v) is 22.9. The van der Waals surface area contributed by atoms with Crippen molar-refractivity contribution in [2.75, 3.05) is 18.6 Å². The van der Waals surface area contributed by atoms with E-state index in [0.29, 0.717) is 37.1 Å². The molecule has 1 rings (SSSR count). The number of carbonyl (C=O) groups excluding carboxylic acids is 4. The number of unbranched alkanes of at least 4 members (excludes halogenated alkanes) is 1. The van der Waals surface area contributed by atoms with Gasteiger partial charge < -0.3 is 43.4 Å². The highest BCUT2D eigenvalue weighted by molar-refractivity contribution is 7.98. The maximum Gasteiger partial charge on any atom is 0.326 e. The molecule has 0 spiro atoms. The van der Waals surface area contributed by atoms with Crippen molar-refractivity contribution in [3.63, 3.8) is 0 Å². The average molecular weight is 569 g/mol. The molecule has 0 radical (unpaired) electrons. The largest absolute Gasteiger partial charge is 0.508 e. The molecular formula is C25H40N6O7S. The number of amides is 4. The van der Waals surface area contributed by atoms with Crippen LogP contribution in [-0.2, 0) is 30.4 Å². The summed E-state index contributed by atoms with van der Waals surface area (Å²) >= 11 is 1.47. The molecule has 0 bridgehead atoms. The Labute approximate surface area is 232 Å². The highest BCUT2D eigenvalue weighted by atomic mass is 32.2. The predicted molar refractivity (Wildman–Crippen MR) is 148 cm³/mol. The maximum absolute atomic E-state index is 13.3. The van der Waals surface area contributed by atoms with Crippen LogP contribution in [0.3, 0.4) is 0 Å². The van der Waals surface area contributed by atoms with Crippen LogP contribution in [0.2, 0.25) is 0 Å². The van der Waals surface area contributed by atoms with Crippen molar-refractivity contribution in [3.05, 3.63) is 29.8 Å². The molecule has 0 saturated heterocycles. The fourth-order valence-electron chi connectivity index (χ4n) is 3.59. The number of benzene rings is 1. The number of nitrogens with one attached hydrogen (secondary N) is 3. The molecular weight excluding hydrogens is 528 g/mol. The Morgan fingerprint density at radius 1 is 0.872 bits per heavy atom. The van der Waals surface area contributed by atoms with E-state index in [1.807, 2.05) is 6.26 Å². The number of carbonyl (C=O) groups is 5. The lowest BCUT2D eigenvalue weighted by Crippen LogP contribution is -2.57. The fourth-order valence-corrected chi connectivity index (χ4v) is 4.06. The van der Waals surface area contributed by atoms with Crippen LogP contribution in [0.5, 0.6) is 5.75 Å². The lowest BCUT2D eigenvalue weighted by Gasteiger charge is -2.25. The van der Waals surface area contributed by atoms with Gasteiger partial charge in [0.2, 0.25) is 23.6 Å². The van der Waals surface area contributed by atoms with Crippen LogP contribution in [0.4, 0.5) is 0 Å². The third kappa shape index (κ3) is 13.3. The molecule has 0 aliphatic rings. The number of phenols is 1. The minimum Gasteiger partial charge on any atom is -0.508 e. The first-order valence-corrected chi connectivity index (χ1v) is 14.0. The van der Waals surface area contributed by atoms with Gasteiger partial charge in [-0.2, -0.15) is 11.8 Å². The monoisotopic (exact) mass is 568 g/mol. The van der Waals surface area contributed by atoms with Crippen molar-refractivity contribution in [2.45, 2.75) is 69.1 Å². The van der Waals surface area contributed by atoms with Gasteiger partial charge in [-0.15, -0.1) is 0 Å². The molecule has 1 aromatic rings. The summed E-state index contributed by atoms with van der Waals surface area (Å²) in [5.74, 6) is -3.51. The number of aromatic hydroxyl groups is 1. The van der Waals surface area contributed by atoms with E-state index < -0.39 is 53.8 Å². The Kier molecular flexibility index (Phi) is 15.6. The van der Waals surface area contributed by atoms with Crippen LogP contribution < -0.4 is 33.2 Å². The number of carboxylic acids is 1. The van der Waals surface area contributed by atoms with Gasteiger partial charge in [-0.1, -0.05) is 18.6 Å². The van der Waals surface area contributed by atoms with Gasteiger partial charge in [-0.05, 0) is 61.9 Å². The molecule has 11 N–H and O–H groups in total. The lowest BCUT2D eigenvalue weighted by molar-refractivity contribution is -0.142. The summed E-state index contributed by atoms with van der Waals surface area (Å²) in [4.78, 5) is 61.8. The first kappa shape index (κ1) is 33.7. The van der Waals surface area contributed by atoms with Crippen molar-refractivity contribution >= 4 is 41.4 Å². The highest BCUT2D eigenvalue weighted by Crippen LogP contribution is 2.13. The molecule has 0 aliphatic carbocycles. The normalized spacial score (nSPS) is 13.9. The smallest absolute Gasteiger partial charge is 0.326 e. The molecule has 0 aliphatic heterocycles. The number of rotatable bonds is 19. The summed E-state index contributed by atoms with van der Waals surface area (Å²) in [5, 5.41) is 26.7. The Balaban J connectivity index is 3.10. The van der Waals surface area contributed by atoms with Gasteiger partial charge in [0.25, 0.3) is 0 Å². The molecule has 13 nitrogen and oxygen atoms in total. The third-order valence-electron chi connectivity index (χ3n) is 5.85. The zero-order chi connectivity index (χ0) is 29.4. The Morgan fingerprint density at radius 3 is 2.03 bits per heavy atom. The van der Waals surface area contributed by atoms with Gasteiger partial charge in [0.1, 0.15) is 23.9 Å². The van der Waals surface area contributed by atoms with E-state index in [1.165, 1.54) is 23.9 Å². The summed E-state index contributed by atoms with van der Waals surface area (Å²) in [6, 6.07) is 1.45. The van der Waals surface area contributed by atoms with E-state index in [9.17, 15) is 34.2 Å². The van der Waals surface area contributed by atoms with Crippen LogP contribution in [-0.4, -0.2) is 82.5 Å². The molecule has 39 heavy (non-hydrogen) atoms. The number of phenolic OH excluding ortho intramolecular Hbond substituents is 1. The highest BCUT2D eigenvalue weighted by Gasteiger charge is 2.30. The maximum atomic E-state index is 13.3. The van der Waals surface area contributed by atoms with Gasteiger partial charge in [-0.3, -0.25) is 19.2 Å². The summed E-state index contributed by atoms with van der Waals surface area (Å²) < 4.78 is 0. The second kappa shape index (κ2) is 18.0. The van der Waals surface area contributed by atoms with Crippen LogP contribution in [0.25, 0.3) is 0 Å². The van der Waals surface area contributed by atoms with E-state index >= 15 is 0 Å². The number of hydrogen-bond acceptors (Lipinski definition) is 9. The summed E-state index contributed by atoms with van der Waals surface area (Å²) in [7, 11) is 0. The van der Waals surface area contributed by atoms with E-state index in [0.717, 1.165) is 0 Å². The molecule has 0 saturated carbocycles. The van der Waals surface area contributed by atoms with Gasteiger partial charge in [0.05, 0.1) is 6.04 Å². The van der Waals surface area contributed by atoms with E-state index in [1.54, 1.807) is 12.1 Å². The standard InChI is InChI=1S/C25H40N6O7S/c1-39-13-11-18(29-22(34)17(27)4-2-3-12-26)23(35)31-20(14-15-5-7-16(32)8-6-15)24(36)30-19(25(37)38)9-10-21(28)33/h5-8,17-20,32H,2-4,9-14,26-27H2,1H3,(H2,28,33)(H,29,34)(H,30,36)(H,31,35)(H,37,38). The first-order chi connectivity index (χ1) is 18.5. The van der Waals surface area contributed by atoms with E-state index in [4.69, 9.17) is 17.2 Å². The van der Waals surface area contributed by atoms with Crippen LogP contribution in [0.15, 0.2) is 24.3 Å². The molecule has 14 heteroatoms. The van der Waals surface area contributed by atoms with Crippen molar-refractivity contribution < 1.29 is 34.2 Å². The Bertz CT molecular complexity index is 963. The summed E-state index contributed by atoms with van der Waals surface area (Å²) in [6.07, 6.45) is 3.33. The quantitative estimate of drug-likeness (QED) is 0.0941. The topological polar surface area (TPSA) is 240 Å². The zero-order valence-electron chi connectivity index (χ0n) is 22.1. The minimum absolute atomic E-state index is 0.00354. The summed E-state index contributed by atoms with van der Waals surface area (Å²) in [5.41, 5.74) is 17.1. The van der Waals surface area contributed by atoms with Crippen LogP contribution >= 0.6 is 11.8 Å². The molecule has 0 aromatic heterocycles. The number of nitrogens with two attached hydrogens (primary N) is 3. The Hall–Kier alpha value is -3.36. The second-order valence-corrected chi connectivity index (χ2v) is 10.1.